The van der Waals surface area contributed by atoms with Crippen molar-refractivity contribution in [2.45, 2.75) is 0 Å². The van der Waals surface area contributed by atoms with Crippen LogP contribution in [0.4, 0.5) is 0 Å². The third-order valence-corrected chi connectivity index (χ3v) is 0. The smallest absolute Gasteiger partial charge is 0 e. The Hall–Kier alpha value is 5.13. The van der Waals surface area contributed by atoms with Crippen LogP contribution in [0.5, 0.6) is 0 Å². The van der Waals surface area contributed by atoms with Crippen LogP contribution in [0.1, 0.15) is 0 Å². The second-order valence-corrected chi connectivity index (χ2v) is 0. The molecule has 0 fully saturated rings. The molecule has 0 heterocycles. The van der Waals surface area contributed by atoms with Crippen LogP contribution < -0.4 is 0 Å². The summed E-state index contributed by atoms with van der Waals surface area (Å²) in [6, 6.07) is 0. The molecule has 0 spiro atoms. The molecule has 0 rings (SSSR count). The van der Waals surface area contributed by atoms with Crippen molar-refractivity contribution in [3.05, 3.63) is 0 Å². The van der Waals surface area contributed by atoms with Gasteiger partial charge < -0.3 is 5.48 Å². The molecule has 0 amide bonds. The molecule has 0 radical (unpaired) electrons. The molecule has 0 aliphatic rings. The number of rotatable bonds is 0. The van der Waals surface area contributed by atoms with Crippen LogP contribution in [-0.4, -0.2) is 142 Å². The van der Waals surface area contributed by atoms with Crippen molar-refractivity contribution in [3.8, 4) is 0 Å². The molecule has 2 N–H and O–H groups in total. The predicted molar refractivity (Wildman–Crippen MR) is 37.8 cm³/mol. The molecule has 1 nitrogen and oxygen atoms in total. The van der Waals surface area contributed by atoms with Crippen LogP contribution in [0, 0.1) is 0 Å². The SMILES string of the molecule is O.[CaH2].[CaH2].[CaH2].[MgH2].[Zn]. The van der Waals surface area contributed by atoms with Crippen molar-refractivity contribution < 1.29 is 25.0 Å². The molecule has 0 aromatic carbocycles. The third kappa shape index (κ3) is 22.9. The molecule has 0 aliphatic heterocycles. The van der Waals surface area contributed by atoms with Gasteiger partial charge in [-0.05, 0) is 0 Å². The largest absolute Gasteiger partial charge is 0.316 e. The van der Waals surface area contributed by atoms with Crippen LogP contribution in [0.25, 0.3) is 0 Å². The minimum absolute atomic E-state index is 0. The summed E-state index contributed by atoms with van der Waals surface area (Å²) in [6.07, 6.45) is 0. The van der Waals surface area contributed by atoms with E-state index < -0.39 is 0 Å². The van der Waals surface area contributed by atoms with Crippen LogP contribution in [0.2, 0.25) is 0 Å². The van der Waals surface area contributed by atoms with E-state index in [1.54, 1.807) is 0 Å². The minimum atomic E-state index is 0. The Kier molecular flexibility index (Phi) is 232. The van der Waals surface area contributed by atoms with E-state index >= 15 is 0 Å². The fourth-order valence-corrected chi connectivity index (χ4v) is 0. The fraction of sp³-hybridized carbons (Fsp3) is 0. The quantitative estimate of drug-likeness (QED) is 0.380. The Balaban J connectivity index is 0. The molecule has 0 saturated heterocycles. The molecule has 0 saturated carbocycles. The molecule has 0 aromatic rings. The summed E-state index contributed by atoms with van der Waals surface area (Å²) in [7, 11) is 0. The Bertz CT molecular complexity index is 10.8. The van der Waals surface area contributed by atoms with Crippen LogP contribution >= 0.6 is 0 Å². The van der Waals surface area contributed by atoms with Gasteiger partial charge in [0.2, 0.25) is 0 Å². The van der Waals surface area contributed by atoms with Crippen LogP contribution in [0.3, 0.4) is 0 Å². The topological polar surface area (TPSA) is 31.5 Å². The minimum Gasteiger partial charge on any atom is 0 e. The zero-order valence-electron chi connectivity index (χ0n) is 1.21. The summed E-state index contributed by atoms with van der Waals surface area (Å²) in [4.78, 5) is 0. The first-order chi connectivity index (χ1) is 0. The molecule has 0 unspecified atom stereocenters. The normalized spacial score (nSPS) is 0. The van der Waals surface area contributed by atoms with E-state index in [1.165, 1.54) is 0 Å². The Morgan fingerprint density at radius 1 is 0.667 bits per heavy atom. The fourth-order valence-electron chi connectivity index (χ4n) is 0. The van der Waals surface area contributed by atoms with Gasteiger partial charge in [-0.3, -0.25) is 0 Å². The van der Waals surface area contributed by atoms with Gasteiger partial charge in [0.15, 0.2) is 0 Å². The third-order valence-electron chi connectivity index (χ3n) is 0. The van der Waals surface area contributed by atoms with Crippen LogP contribution in [0.15, 0.2) is 0 Å². The molecule has 0 aromatic heterocycles. The molecule has 0 aliphatic carbocycles. The first-order valence-corrected chi connectivity index (χ1v) is 0. The van der Waals surface area contributed by atoms with Gasteiger partial charge in [0.05, 0.1) is 0 Å². The summed E-state index contributed by atoms with van der Waals surface area (Å²) in [5.74, 6) is 0. The first-order valence-electron chi connectivity index (χ1n) is 0. The Labute approximate surface area is 156 Å². The maximum absolute atomic E-state index is 0. The van der Waals surface area contributed by atoms with Gasteiger partial charge in [-0.25, -0.2) is 0 Å². The zero-order valence-corrected chi connectivity index (χ0v) is 4.17. The maximum Gasteiger partial charge on any atom is 0.316 e. The Morgan fingerprint density at radius 2 is 0.667 bits per heavy atom. The van der Waals surface area contributed by atoms with Gasteiger partial charge >= 0.3 is 136 Å². The van der Waals surface area contributed by atoms with Crippen molar-refractivity contribution in [1.29, 1.82) is 0 Å². The molecule has 0 bridgehead atoms. The van der Waals surface area contributed by atoms with E-state index in [0.717, 1.165) is 0 Å². The predicted octanol–water partition coefficient (Wildman–Crippen LogP) is -4.49. The van der Waals surface area contributed by atoms with Gasteiger partial charge in [-0.2, -0.15) is 0 Å². The number of hydrogen-bond acceptors (Lipinski definition) is 0. The maximum atomic E-state index is 0. The van der Waals surface area contributed by atoms with E-state index in [1.807, 2.05) is 0 Å². The average molecular weight is 236 g/mol. The Morgan fingerprint density at radius 3 is 0.667 bits per heavy atom. The zero-order chi connectivity index (χ0) is 0. The van der Waals surface area contributed by atoms with Gasteiger partial charge in [0, 0.05) is 19.5 Å². The summed E-state index contributed by atoms with van der Waals surface area (Å²) in [5.41, 5.74) is 0. The summed E-state index contributed by atoms with van der Waals surface area (Å²) in [5, 5.41) is 0. The second kappa shape index (κ2) is 32.1. The van der Waals surface area contributed by atoms with E-state index in [4.69, 9.17) is 0 Å². The van der Waals surface area contributed by atoms with E-state index in [2.05, 4.69) is 0 Å². The van der Waals surface area contributed by atoms with Crippen molar-refractivity contribution >= 4 is 136 Å². The van der Waals surface area contributed by atoms with E-state index in [0.29, 0.717) is 0 Å². The molecular weight excluding hydrogens is 226 g/mol. The standard InChI is InChI=1S/3Ca.Mg.H2O.Zn.8H/h;;;;1H2;;;;;;;;;. The molecule has 6 heteroatoms. The van der Waals surface area contributed by atoms with Gasteiger partial charge in [-0.1, -0.05) is 0 Å². The molecule has 6 heavy (non-hydrogen) atoms. The van der Waals surface area contributed by atoms with Crippen molar-refractivity contribution in [2.75, 3.05) is 0 Å². The van der Waals surface area contributed by atoms with Crippen molar-refractivity contribution in [3.63, 3.8) is 0 Å². The first kappa shape index (κ1) is 43.4. The van der Waals surface area contributed by atoms with Crippen molar-refractivity contribution in [1.82, 2.24) is 0 Å². The van der Waals surface area contributed by atoms with Crippen molar-refractivity contribution in [2.24, 2.45) is 0 Å². The molecule has 26 valence electrons. The van der Waals surface area contributed by atoms with Gasteiger partial charge in [0.25, 0.3) is 0 Å². The summed E-state index contributed by atoms with van der Waals surface area (Å²) in [6.45, 7) is 0. The second-order valence-electron chi connectivity index (χ2n) is 0. The summed E-state index contributed by atoms with van der Waals surface area (Å²) < 4.78 is 0. The molecule has 0 atom stereocenters. The van der Waals surface area contributed by atoms with E-state index in [9.17, 15) is 0 Å². The average Bonchev–Trinajstić information content (AvgIpc) is 0. The van der Waals surface area contributed by atoms with E-state index in [-0.39, 0.29) is 161 Å². The van der Waals surface area contributed by atoms with Crippen LogP contribution in [-0.2, 0) is 19.5 Å². The summed E-state index contributed by atoms with van der Waals surface area (Å²) >= 11 is 0. The van der Waals surface area contributed by atoms with Gasteiger partial charge in [0.1, 0.15) is 0 Å². The molecular formula is H10Ca3MgOZn. The monoisotopic (exact) mass is 234 g/mol. The number of hydrogen-bond donors (Lipinski definition) is 0. The van der Waals surface area contributed by atoms with Gasteiger partial charge in [-0.15, -0.1) is 0 Å².